The van der Waals surface area contributed by atoms with Gasteiger partial charge in [0.05, 0.1) is 22.3 Å². The highest BCUT2D eigenvalue weighted by Gasteiger charge is 2.46. The molecule has 10 nitrogen and oxygen atoms in total. The third kappa shape index (κ3) is 12.0. The predicted molar refractivity (Wildman–Crippen MR) is 222 cm³/mol. The molecule has 1 aromatic rings. The largest absolute Gasteiger partial charge is 0.459 e. The van der Waals surface area contributed by atoms with Crippen molar-refractivity contribution in [2.24, 2.45) is 10.8 Å². The number of rotatable bonds is 12. The standard InChI is InChI=1S/C46H76N2O8/c1-19-29(23-41(3,4)5)53-37(49)33-21-35(39(51)55-31-25-43(9,10)47(17)44(11,12)26-31)36(22-34(33)38(50)54-30(20-2)24-42(6,7)8)40(52)56-32-27-45(13,14)48(18)46(15,16)28-32/h21-22,29-32H,19-20,23-28H2,1-18H3. The number of benzene rings is 1. The lowest BCUT2D eigenvalue weighted by atomic mass is 9.78. The molecule has 2 saturated heterocycles. The Labute approximate surface area is 339 Å². The summed E-state index contributed by atoms with van der Waals surface area (Å²) in [6.07, 6.45) is 2.70. The third-order valence-electron chi connectivity index (χ3n) is 12.3. The maximum absolute atomic E-state index is 14.5. The van der Waals surface area contributed by atoms with E-state index in [-0.39, 0.29) is 55.2 Å². The van der Waals surface area contributed by atoms with Crippen LogP contribution in [0, 0.1) is 10.8 Å². The van der Waals surface area contributed by atoms with Crippen LogP contribution in [0.4, 0.5) is 0 Å². The second-order valence-electron chi connectivity index (χ2n) is 21.6. The van der Waals surface area contributed by atoms with Gasteiger partial charge in [0.2, 0.25) is 0 Å². The van der Waals surface area contributed by atoms with E-state index in [0.717, 1.165) is 0 Å². The van der Waals surface area contributed by atoms with Crippen LogP contribution < -0.4 is 0 Å². The molecular formula is C46H76N2O8. The van der Waals surface area contributed by atoms with Crippen LogP contribution in [-0.2, 0) is 18.9 Å². The van der Waals surface area contributed by atoms with Crippen molar-refractivity contribution in [1.82, 2.24) is 9.80 Å². The van der Waals surface area contributed by atoms with Gasteiger partial charge in [0.25, 0.3) is 0 Å². The van der Waals surface area contributed by atoms with E-state index < -0.39 is 48.3 Å². The summed E-state index contributed by atoms with van der Waals surface area (Å²) >= 11 is 0. The fourth-order valence-electron chi connectivity index (χ4n) is 8.77. The van der Waals surface area contributed by atoms with Gasteiger partial charge in [-0.1, -0.05) is 55.4 Å². The van der Waals surface area contributed by atoms with Crippen LogP contribution in [0.1, 0.15) is 204 Å². The summed E-state index contributed by atoms with van der Waals surface area (Å²) in [7, 11) is 4.14. The smallest absolute Gasteiger partial charge is 0.339 e. The monoisotopic (exact) mass is 785 g/mol. The van der Waals surface area contributed by atoms with Gasteiger partial charge in [-0.25, -0.2) is 19.2 Å². The van der Waals surface area contributed by atoms with Crippen LogP contribution in [-0.4, -0.2) is 94.3 Å². The highest BCUT2D eigenvalue weighted by atomic mass is 16.6. The molecule has 2 atom stereocenters. The Morgan fingerprint density at radius 1 is 0.554 bits per heavy atom. The summed E-state index contributed by atoms with van der Waals surface area (Å²) in [4.78, 5) is 62.0. The average Bonchev–Trinajstić information content (AvgIpc) is 3.02. The molecule has 10 heteroatoms. The molecule has 0 bridgehead atoms. The van der Waals surface area contributed by atoms with Crippen LogP contribution in [0.25, 0.3) is 0 Å². The number of likely N-dealkylation sites (tertiary alicyclic amines) is 2. The average molecular weight is 785 g/mol. The molecule has 2 fully saturated rings. The Balaban J connectivity index is 2.23. The molecule has 0 amide bonds. The fraction of sp³-hybridized carbons (Fsp3) is 0.783. The Kier molecular flexibility index (Phi) is 14.5. The molecule has 1 aromatic carbocycles. The zero-order chi connectivity index (χ0) is 43.0. The number of piperidine rings is 2. The molecule has 0 spiro atoms. The molecular weight excluding hydrogens is 709 g/mol. The molecule has 318 valence electrons. The minimum absolute atomic E-state index is 0.140. The van der Waals surface area contributed by atoms with Gasteiger partial charge in [-0.2, -0.15) is 0 Å². The van der Waals surface area contributed by atoms with Gasteiger partial charge in [-0.15, -0.1) is 0 Å². The lowest BCUT2D eigenvalue weighted by Crippen LogP contribution is -2.60. The normalized spacial score (nSPS) is 21.5. The lowest BCUT2D eigenvalue weighted by molar-refractivity contribution is -0.0752. The highest BCUT2D eigenvalue weighted by molar-refractivity contribution is 6.10. The van der Waals surface area contributed by atoms with Crippen molar-refractivity contribution in [3.05, 3.63) is 34.4 Å². The zero-order valence-electron chi connectivity index (χ0n) is 38.3. The second-order valence-corrected chi connectivity index (χ2v) is 21.6. The molecule has 2 heterocycles. The first kappa shape index (κ1) is 47.4. The SMILES string of the molecule is CCC(CC(C)(C)C)OC(=O)c1cc(C(=O)OC2CC(C)(C)N(C)C(C)(C)C2)c(C(=O)OC2CC(C)(C)N(C)C(C)(C)C2)cc1C(=O)OC(CC)CC(C)(C)C. The summed E-state index contributed by atoms with van der Waals surface area (Å²) in [5.41, 5.74) is -2.00. The van der Waals surface area contributed by atoms with Gasteiger partial charge in [0.15, 0.2) is 0 Å². The van der Waals surface area contributed by atoms with E-state index in [1.165, 1.54) is 12.1 Å². The molecule has 2 aliphatic rings. The molecule has 2 aliphatic heterocycles. The topological polar surface area (TPSA) is 112 Å². The molecule has 0 aromatic heterocycles. The molecule has 2 unspecified atom stereocenters. The number of esters is 4. The van der Waals surface area contributed by atoms with Crippen LogP contribution in [0.5, 0.6) is 0 Å². The van der Waals surface area contributed by atoms with Gasteiger partial charge >= 0.3 is 23.9 Å². The van der Waals surface area contributed by atoms with Crippen LogP contribution in [0.3, 0.4) is 0 Å². The van der Waals surface area contributed by atoms with E-state index in [1.807, 2.05) is 13.8 Å². The molecule has 0 aliphatic carbocycles. The predicted octanol–water partition coefficient (Wildman–Crippen LogP) is 10.0. The minimum Gasteiger partial charge on any atom is -0.459 e. The fourth-order valence-corrected chi connectivity index (χ4v) is 8.77. The van der Waals surface area contributed by atoms with E-state index in [1.54, 1.807) is 0 Å². The van der Waals surface area contributed by atoms with E-state index >= 15 is 0 Å². The van der Waals surface area contributed by atoms with E-state index in [2.05, 4.69) is 121 Å². The van der Waals surface area contributed by atoms with Gasteiger partial charge in [0, 0.05) is 47.8 Å². The number of carbonyl (C=O) groups excluding carboxylic acids is 4. The zero-order valence-corrected chi connectivity index (χ0v) is 38.3. The van der Waals surface area contributed by atoms with Gasteiger partial charge in [-0.3, -0.25) is 9.80 Å². The number of hydrogen-bond donors (Lipinski definition) is 0. The van der Waals surface area contributed by atoms with Crippen LogP contribution in [0.15, 0.2) is 12.1 Å². The van der Waals surface area contributed by atoms with Gasteiger partial charge in [0.1, 0.15) is 24.4 Å². The van der Waals surface area contributed by atoms with Crippen molar-refractivity contribution >= 4 is 23.9 Å². The number of nitrogens with zero attached hydrogens (tertiary/aromatic N) is 2. The maximum atomic E-state index is 14.5. The quantitative estimate of drug-likeness (QED) is 0.150. The summed E-state index contributed by atoms with van der Waals surface area (Å²) < 4.78 is 24.6. The third-order valence-corrected chi connectivity index (χ3v) is 12.3. The summed E-state index contributed by atoms with van der Waals surface area (Å²) in [6.45, 7) is 33.2. The van der Waals surface area contributed by atoms with Crippen molar-refractivity contribution in [3.8, 4) is 0 Å². The number of ether oxygens (including phenoxy) is 4. The molecule has 0 saturated carbocycles. The Hall–Kier alpha value is -2.98. The van der Waals surface area contributed by atoms with Crippen molar-refractivity contribution in [2.75, 3.05) is 14.1 Å². The van der Waals surface area contributed by atoms with Gasteiger partial charge < -0.3 is 18.9 Å². The first-order valence-corrected chi connectivity index (χ1v) is 20.8. The van der Waals surface area contributed by atoms with Crippen molar-refractivity contribution < 1.29 is 38.1 Å². The Morgan fingerprint density at radius 2 is 0.804 bits per heavy atom. The van der Waals surface area contributed by atoms with E-state index in [0.29, 0.717) is 51.4 Å². The van der Waals surface area contributed by atoms with Crippen LogP contribution >= 0.6 is 0 Å². The summed E-state index contributed by atoms with van der Waals surface area (Å²) in [5.74, 6) is -3.08. The molecule has 0 radical (unpaired) electrons. The van der Waals surface area contributed by atoms with Crippen molar-refractivity contribution in [2.45, 2.75) is 209 Å². The Morgan fingerprint density at radius 3 is 1.04 bits per heavy atom. The van der Waals surface area contributed by atoms with E-state index in [9.17, 15) is 19.2 Å². The van der Waals surface area contributed by atoms with Gasteiger partial charge in [-0.05, 0) is 118 Å². The van der Waals surface area contributed by atoms with Crippen molar-refractivity contribution in [3.63, 3.8) is 0 Å². The Bertz CT molecular complexity index is 1440. The van der Waals surface area contributed by atoms with Crippen molar-refractivity contribution in [1.29, 1.82) is 0 Å². The molecule has 3 rings (SSSR count). The first-order valence-electron chi connectivity index (χ1n) is 20.8. The first-order chi connectivity index (χ1) is 25.3. The maximum Gasteiger partial charge on any atom is 0.339 e. The number of carbonyl (C=O) groups is 4. The lowest BCUT2D eigenvalue weighted by Gasteiger charge is -2.53. The highest BCUT2D eigenvalue weighted by Crippen LogP contribution is 2.40. The minimum atomic E-state index is -0.772. The van der Waals surface area contributed by atoms with E-state index in [4.69, 9.17) is 18.9 Å². The summed E-state index contributed by atoms with van der Waals surface area (Å²) in [6, 6.07) is 2.58. The molecule has 56 heavy (non-hydrogen) atoms. The molecule has 0 N–H and O–H groups in total. The second kappa shape index (κ2) is 17.1. The summed E-state index contributed by atoms with van der Waals surface area (Å²) in [5, 5.41) is 0. The van der Waals surface area contributed by atoms with Crippen LogP contribution in [0.2, 0.25) is 0 Å². The number of hydrogen-bond acceptors (Lipinski definition) is 10.